The summed E-state index contributed by atoms with van der Waals surface area (Å²) >= 11 is 1.37. The summed E-state index contributed by atoms with van der Waals surface area (Å²) < 4.78 is 12.1. The lowest BCUT2D eigenvalue weighted by atomic mass is 9.98. The first-order chi connectivity index (χ1) is 17.7. The first-order valence-electron chi connectivity index (χ1n) is 12.7. The normalized spacial score (nSPS) is 15.3. The SMILES string of the molecule is Cc1ccc2oc3c(c(=O)c2c1)C(c1cccc(OCCC(C)C)c1)N(c1nnc(CC(C)C)s1)C3=O. The smallest absolute Gasteiger partial charge is 0.297 e. The number of carbonyl (C=O) groups is 1. The monoisotopic (exact) mass is 517 g/mol. The molecule has 3 heterocycles. The molecule has 0 spiro atoms. The zero-order chi connectivity index (χ0) is 26.3. The van der Waals surface area contributed by atoms with Crippen molar-refractivity contribution in [3.8, 4) is 5.75 Å². The molecular weight excluding hydrogens is 486 g/mol. The standard InChI is InChI=1S/C29H31N3O4S/c1-16(2)11-12-35-20-8-6-7-19(15-20)25-24-26(33)21-14-18(5)9-10-22(21)36-27(24)28(34)32(25)29-31-30-23(37-29)13-17(3)4/h6-10,14-17,25H,11-13H2,1-5H3. The van der Waals surface area contributed by atoms with Crippen LogP contribution in [0.15, 0.2) is 51.7 Å². The molecule has 1 aliphatic heterocycles. The van der Waals surface area contributed by atoms with Gasteiger partial charge in [-0.25, -0.2) is 0 Å². The Morgan fingerprint density at radius 2 is 1.86 bits per heavy atom. The molecule has 0 N–H and O–H groups in total. The summed E-state index contributed by atoms with van der Waals surface area (Å²) in [5, 5.41) is 10.4. The summed E-state index contributed by atoms with van der Waals surface area (Å²) in [4.78, 5) is 29.2. The first-order valence-corrected chi connectivity index (χ1v) is 13.5. The van der Waals surface area contributed by atoms with E-state index in [9.17, 15) is 9.59 Å². The van der Waals surface area contributed by atoms with Gasteiger partial charge in [0.1, 0.15) is 16.3 Å². The minimum Gasteiger partial charge on any atom is -0.494 e. The number of aryl methyl sites for hydroxylation is 1. The van der Waals surface area contributed by atoms with Crippen LogP contribution in [-0.4, -0.2) is 22.7 Å². The average Bonchev–Trinajstić information content (AvgIpc) is 3.41. The fourth-order valence-corrected chi connectivity index (χ4v) is 5.64. The van der Waals surface area contributed by atoms with E-state index in [0.29, 0.717) is 45.9 Å². The third-order valence-electron chi connectivity index (χ3n) is 6.41. The molecule has 4 aromatic rings. The number of ether oxygens (including phenoxy) is 1. The van der Waals surface area contributed by atoms with Crippen LogP contribution in [0.4, 0.5) is 5.13 Å². The number of rotatable bonds is 8. The lowest BCUT2D eigenvalue weighted by Crippen LogP contribution is -2.29. The third-order valence-corrected chi connectivity index (χ3v) is 7.35. The van der Waals surface area contributed by atoms with Crippen molar-refractivity contribution in [1.82, 2.24) is 10.2 Å². The largest absolute Gasteiger partial charge is 0.494 e. The van der Waals surface area contributed by atoms with Crippen LogP contribution in [0.5, 0.6) is 5.75 Å². The van der Waals surface area contributed by atoms with E-state index in [2.05, 4.69) is 37.9 Å². The van der Waals surface area contributed by atoms with Gasteiger partial charge in [0.2, 0.25) is 10.9 Å². The molecule has 1 unspecified atom stereocenters. The Morgan fingerprint density at radius 1 is 1.05 bits per heavy atom. The maximum Gasteiger partial charge on any atom is 0.297 e. The van der Waals surface area contributed by atoms with Crippen molar-refractivity contribution in [1.29, 1.82) is 0 Å². The molecule has 192 valence electrons. The van der Waals surface area contributed by atoms with Crippen LogP contribution < -0.4 is 15.1 Å². The fourth-order valence-electron chi connectivity index (χ4n) is 4.56. The number of hydrogen-bond donors (Lipinski definition) is 0. The van der Waals surface area contributed by atoms with Gasteiger partial charge in [-0.1, -0.05) is 62.8 Å². The topological polar surface area (TPSA) is 85.5 Å². The zero-order valence-electron chi connectivity index (χ0n) is 21.8. The predicted octanol–water partition coefficient (Wildman–Crippen LogP) is 6.33. The van der Waals surface area contributed by atoms with Crippen molar-refractivity contribution in [3.05, 3.63) is 80.1 Å². The van der Waals surface area contributed by atoms with E-state index in [4.69, 9.17) is 9.15 Å². The highest BCUT2D eigenvalue weighted by molar-refractivity contribution is 7.15. The van der Waals surface area contributed by atoms with Gasteiger partial charge in [0.05, 0.1) is 23.6 Å². The third kappa shape index (κ3) is 4.90. The Morgan fingerprint density at radius 3 is 2.62 bits per heavy atom. The zero-order valence-corrected chi connectivity index (χ0v) is 22.6. The molecule has 1 atom stereocenters. The predicted molar refractivity (Wildman–Crippen MR) is 146 cm³/mol. The first kappa shape index (κ1) is 25.1. The summed E-state index contributed by atoms with van der Waals surface area (Å²) in [5.41, 5.74) is 2.21. The van der Waals surface area contributed by atoms with Crippen molar-refractivity contribution >= 4 is 33.3 Å². The Balaban J connectivity index is 1.65. The molecule has 0 fully saturated rings. The van der Waals surface area contributed by atoms with E-state index < -0.39 is 11.9 Å². The Bertz CT molecular complexity index is 1520. The van der Waals surface area contributed by atoms with Crippen LogP contribution in [0.2, 0.25) is 0 Å². The summed E-state index contributed by atoms with van der Waals surface area (Å²) in [6.07, 6.45) is 1.69. The molecule has 2 aromatic heterocycles. The van der Waals surface area contributed by atoms with E-state index in [1.165, 1.54) is 11.3 Å². The average molecular weight is 518 g/mol. The van der Waals surface area contributed by atoms with Crippen LogP contribution >= 0.6 is 11.3 Å². The van der Waals surface area contributed by atoms with Crippen LogP contribution in [0, 0.1) is 18.8 Å². The molecule has 1 aliphatic rings. The lowest BCUT2D eigenvalue weighted by molar-refractivity contribution is 0.0970. The molecule has 37 heavy (non-hydrogen) atoms. The Hall–Kier alpha value is -3.52. The molecular formula is C29H31N3O4S. The van der Waals surface area contributed by atoms with Crippen molar-refractivity contribution in [2.75, 3.05) is 11.5 Å². The van der Waals surface area contributed by atoms with Gasteiger partial charge >= 0.3 is 0 Å². The summed E-state index contributed by atoms with van der Waals surface area (Å²) in [7, 11) is 0. The number of aromatic nitrogens is 2. The minimum absolute atomic E-state index is 0.0538. The molecule has 0 saturated carbocycles. The van der Waals surface area contributed by atoms with Crippen molar-refractivity contribution < 1.29 is 13.9 Å². The molecule has 0 radical (unpaired) electrons. The van der Waals surface area contributed by atoms with Gasteiger partial charge in [-0.3, -0.25) is 14.5 Å². The van der Waals surface area contributed by atoms with E-state index in [-0.39, 0.29) is 11.2 Å². The Kier molecular flexibility index (Phi) is 6.86. The van der Waals surface area contributed by atoms with Crippen molar-refractivity contribution in [2.24, 2.45) is 11.8 Å². The summed E-state index contributed by atoms with van der Waals surface area (Å²) in [5.74, 6) is 1.28. The number of hydrogen-bond acceptors (Lipinski definition) is 7. The highest BCUT2D eigenvalue weighted by Gasteiger charge is 2.45. The van der Waals surface area contributed by atoms with Crippen LogP contribution in [-0.2, 0) is 6.42 Å². The molecule has 1 amide bonds. The molecule has 0 bridgehead atoms. The maximum atomic E-state index is 13.9. The number of benzene rings is 2. The van der Waals surface area contributed by atoms with Gasteiger partial charge in [-0.15, -0.1) is 10.2 Å². The van der Waals surface area contributed by atoms with Crippen molar-refractivity contribution in [3.63, 3.8) is 0 Å². The highest BCUT2D eigenvalue weighted by atomic mass is 32.1. The highest BCUT2D eigenvalue weighted by Crippen LogP contribution is 2.43. The van der Waals surface area contributed by atoms with Crippen LogP contribution in [0.25, 0.3) is 11.0 Å². The molecule has 5 rings (SSSR count). The van der Waals surface area contributed by atoms with Crippen LogP contribution in [0.1, 0.15) is 72.4 Å². The number of anilines is 1. The van der Waals surface area contributed by atoms with Gasteiger partial charge in [0.25, 0.3) is 5.91 Å². The number of nitrogens with zero attached hydrogens (tertiary/aromatic N) is 3. The molecule has 0 aliphatic carbocycles. The number of amides is 1. The molecule has 7 nitrogen and oxygen atoms in total. The van der Waals surface area contributed by atoms with Gasteiger partial charge in [0, 0.05) is 6.42 Å². The van der Waals surface area contributed by atoms with Crippen LogP contribution in [0.3, 0.4) is 0 Å². The Labute approximate surface area is 220 Å². The minimum atomic E-state index is -0.697. The second-order valence-electron chi connectivity index (χ2n) is 10.4. The summed E-state index contributed by atoms with van der Waals surface area (Å²) in [6, 6.07) is 12.3. The fraction of sp³-hybridized carbons (Fsp3) is 0.379. The number of fused-ring (bicyclic) bond motifs is 2. The molecule has 0 saturated heterocycles. The van der Waals surface area contributed by atoms with Gasteiger partial charge in [-0.05, 0) is 55.0 Å². The maximum absolute atomic E-state index is 13.9. The quantitative estimate of drug-likeness (QED) is 0.272. The van der Waals surface area contributed by atoms with Gasteiger partial charge in [0.15, 0.2) is 5.43 Å². The van der Waals surface area contributed by atoms with Gasteiger partial charge in [-0.2, -0.15) is 0 Å². The van der Waals surface area contributed by atoms with Gasteiger partial charge < -0.3 is 9.15 Å². The van der Waals surface area contributed by atoms with E-state index in [0.717, 1.165) is 29.0 Å². The van der Waals surface area contributed by atoms with E-state index in [1.54, 1.807) is 11.0 Å². The second kappa shape index (κ2) is 10.1. The van der Waals surface area contributed by atoms with E-state index >= 15 is 0 Å². The van der Waals surface area contributed by atoms with E-state index in [1.807, 2.05) is 43.3 Å². The van der Waals surface area contributed by atoms with Crippen molar-refractivity contribution in [2.45, 2.75) is 53.5 Å². The second-order valence-corrected chi connectivity index (χ2v) is 11.5. The lowest BCUT2D eigenvalue weighted by Gasteiger charge is -2.22. The number of carbonyl (C=O) groups excluding carboxylic acids is 1. The molecule has 2 aromatic carbocycles. The molecule has 8 heteroatoms. The summed E-state index contributed by atoms with van der Waals surface area (Å²) in [6.45, 7) is 11.0.